The molecule has 0 atom stereocenters. The van der Waals surface area contributed by atoms with Crippen LogP contribution < -0.4 is 0 Å². The number of hydrogen-bond acceptors (Lipinski definition) is 3. The third kappa shape index (κ3) is 3.00. The molecule has 0 radical (unpaired) electrons. The third-order valence-electron chi connectivity index (χ3n) is 4.46. The number of carbonyl (C=O) groups excluding carboxylic acids is 1. The van der Waals surface area contributed by atoms with Gasteiger partial charge in [0, 0.05) is 19.5 Å². The number of rotatable bonds is 3. The summed E-state index contributed by atoms with van der Waals surface area (Å²) >= 11 is 1.64. The molecule has 1 aliphatic carbocycles. The molecule has 0 unspecified atom stereocenters. The number of hydrogen-bond donors (Lipinski definition) is 0. The number of likely N-dealkylation sites (tertiary alicyclic amines) is 1. The van der Waals surface area contributed by atoms with Gasteiger partial charge in [0.05, 0.1) is 6.07 Å². The van der Waals surface area contributed by atoms with Gasteiger partial charge < -0.3 is 4.90 Å². The normalized spacial score (nSPS) is 23.9. The Kier molecular flexibility index (Phi) is 4.55. The van der Waals surface area contributed by atoms with Gasteiger partial charge in [-0.2, -0.15) is 5.26 Å². The quantitative estimate of drug-likeness (QED) is 0.789. The number of amides is 1. The Morgan fingerprint density at radius 2 is 2.00 bits per heavy atom. The van der Waals surface area contributed by atoms with Crippen LogP contribution in [-0.2, 0) is 4.79 Å². The van der Waals surface area contributed by atoms with Gasteiger partial charge in [0.25, 0.3) is 0 Å². The summed E-state index contributed by atoms with van der Waals surface area (Å²) in [6.45, 7) is 1.53. The fraction of sp³-hybridized carbons (Fsp3) is 0.857. The number of nitrogens with zero attached hydrogens (tertiary/aromatic N) is 2. The Bertz CT molecular complexity index is 336. The van der Waals surface area contributed by atoms with Crippen molar-refractivity contribution in [2.45, 2.75) is 49.7 Å². The van der Waals surface area contributed by atoms with Crippen LogP contribution >= 0.6 is 11.8 Å². The van der Waals surface area contributed by atoms with E-state index >= 15 is 0 Å². The molecular formula is C14H22N2OS. The summed E-state index contributed by atoms with van der Waals surface area (Å²) in [4.78, 5) is 14.2. The van der Waals surface area contributed by atoms with E-state index < -0.39 is 0 Å². The molecule has 1 saturated heterocycles. The maximum atomic E-state index is 12.2. The first-order valence-corrected chi connectivity index (χ1v) is 8.16. The monoisotopic (exact) mass is 266 g/mol. The molecule has 2 fully saturated rings. The minimum atomic E-state index is -0.246. The van der Waals surface area contributed by atoms with Crippen LogP contribution in [0.4, 0.5) is 0 Å². The first-order valence-electron chi connectivity index (χ1n) is 6.93. The van der Waals surface area contributed by atoms with Crippen LogP contribution in [0.5, 0.6) is 0 Å². The molecule has 0 aromatic rings. The lowest BCUT2D eigenvalue weighted by atomic mass is 9.96. The molecule has 0 bridgehead atoms. The Morgan fingerprint density at radius 3 is 2.50 bits per heavy atom. The zero-order valence-corrected chi connectivity index (χ0v) is 12.0. The topological polar surface area (TPSA) is 44.1 Å². The van der Waals surface area contributed by atoms with Crippen LogP contribution in [-0.4, -0.2) is 34.9 Å². The van der Waals surface area contributed by atoms with E-state index in [1.165, 1.54) is 25.7 Å². The lowest BCUT2D eigenvalue weighted by Gasteiger charge is -2.36. The van der Waals surface area contributed by atoms with Crippen LogP contribution in [0.2, 0.25) is 0 Å². The van der Waals surface area contributed by atoms with Gasteiger partial charge in [0.15, 0.2) is 0 Å². The average molecular weight is 266 g/mol. The van der Waals surface area contributed by atoms with Crippen LogP contribution in [0.25, 0.3) is 0 Å². The maximum Gasteiger partial charge on any atom is 0.222 e. The fourth-order valence-corrected chi connectivity index (χ4v) is 3.75. The Morgan fingerprint density at radius 1 is 1.39 bits per heavy atom. The van der Waals surface area contributed by atoms with E-state index in [0.29, 0.717) is 11.8 Å². The molecule has 1 amide bonds. The molecule has 0 N–H and O–H groups in total. The van der Waals surface area contributed by atoms with Gasteiger partial charge in [-0.3, -0.25) is 4.79 Å². The van der Waals surface area contributed by atoms with Crippen molar-refractivity contribution in [3.05, 3.63) is 0 Å². The minimum absolute atomic E-state index is 0.246. The molecule has 18 heavy (non-hydrogen) atoms. The van der Waals surface area contributed by atoms with Crippen molar-refractivity contribution in [2.75, 3.05) is 19.3 Å². The van der Waals surface area contributed by atoms with Crippen LogP contribution in [0.1, 0.15) is 44.9 Å². The SMILES string of the molecule is CSC1(C#N)CCN(C(=O)CC2CCCC2)CC1. The second-order valence-electron chi connectivity index (χ2n) is 5.55. The van der Waals surface area contributed by atoms with E-state index in [2.05, 4.69) is 6.07 Å². The van der Waals surface area contributed by atoms with Gasteiger partial charge in [0.1, 0.15) is 4.75 Å². The van der Waals surface area contributed by atoms with Gasteiger partial charge in [-0.05, 0) is 37.9 Å². The van der Waals surface area contributed by atoms with Gasteiger partial charge in [-0.15, -0.1) is 11.8 Å². The molecule has 0 aromatic carbocycles. The summed E-state index contributed by atoms with van der Waals surface area (Å²) in [5, 5.41) is 9.22. The largest absolute Gasteiger partial charge is 0.343 e. The Labute approximate surface area is 114 Å². The molecule has 100 valence electrons. The minimum Gasteiger partial charge on any atom is -0.343 e. The zero-order chi connectivity index (χ0) is 13.0. The molecule has 1 saturated carbocycles. The highest BCUT2D eigenvalue weighted by molar-refractivity contribution is 8.00. The summed E-state index contributed by atoms with van der Waals surface area (Å²) in [6, 6.07) is 2.42. The van der Waals surface area contributed by atoms with E-state index in [1.54, 1.807) is 11.8 Å². The second kappa shape index (κ2) is 5.97. The lowest BCUT2D eigenvalue weighted by molar-refractivity contribution is -0.133. The van der Waals surface area contributed by atoms with E-state index in [-0.39, 0.29) is 4.75 Å². The number of carbonyl (C=O) groups is 1. The van der Waals surface area contributed by atoms with E-state index in [4.69, 9.17) is 0 Å². The predicted octanol–water partition coefficient (Wildman–Crippen LogP) is 2.81. The van der Waals surface area contributed by atoms with Crippen molar-refractivity contribution in [1.29, 1.82) is 5.26 Å². The zero-order valence-electron chi connectivity index (χ0n) is 11.2. The van der Waals surface area contributed by atoms with Gasteiger partial charge in [-0.1, -0.05) is 12.8 Å². The fourth-order valence-electron chi connectivity index (χ4n) is 3.07. The van der Waals surface area contributed by atoms with E-state index in [9.17, 15) is 10.1 Å². The molecule has 2 rings (SSSR count). The molecule has 4 heteroatoms. The molecule has 1 heterocycles. The van der Waals surface area contributed by atoms with Crippen molar-refractivity contribution in [1.82, 2.24) is 4.90 Å². The molecule has 2 aliphatic rings. The van der Waals surface area contributed by atoms with Crippen LogP contribution in [0.15, 0.2) is 0 Å². The Balaban J connectivity index is 1.82. The first-order chi connectivity index (χ1) is 8.69. The molecular weight excluding hydrogens is 244 g/mol. The average Bonchev–Trinajstić information content (AvgIpc) is 2.91. The van der Waals surface area contributed by atoms with E-state index in [1.807, 2.05) is 11.2 Å². The van der Waals surface area contributed by atoms with E-state index in [0.717, 1.165) is 32.4 Å². The summed E-state index contributed by atoms with van der Waals surface area (Å²) in [5.74, 6) is 0.940. The smallest absolute Gasteiger partial charge is 0.222 e. The summed E-state index contributed by atoms with van der Waals surface area (Å²) < 4.78 is -0.246. The van der Waals surface area contributed by atoms with Crippen molar-refractivity contribution < 1.29 is 4.79 Å². The van der Waals surface area contributed by atoms with Crippen LogP contribution in [0.3, 0.4) is 0 Å². The lowest BCUT2D eigenvalue weighted by Crippen LogP contribution is -2.44. The summed E-state index contributed by atoms with van der Waals surface area (Å²) in [6.07, 6.45) is 9.42. The molecule has 0 aromatic heterocycles. The van der Waals surface area contributed by atoms with Gasteiger partial charge in [0.2, 0.25) is 5.91 Å². The van der Waals surface area contributed by atoms with Crippen molar-refractivity contribution in [2.24, 2.45) is 5.92 Å². The third-order valence-corrected chi connectivity index (χ3v) is 5.74. The number of nitriles is 1. The molecule has 3 nitrogen and oxygen atoms in total. The maximum absolute atomic E-state index is 12.2. The summed E-state index contributed by atoms with van der Waals surface area (Å²) in [7, 11) is 0. The molecule has 0 spiro atoms. The molecule has 1 aliphatic heterocycles. The van der Waals surface area contributed by atoms with Crippen LogP contribution in [0, 0.1) is 17.2 Å². The highest BCUT2D eigenvalue weighted by Crippen LogP contribution is 2.34. The standard InChI is InChI=1S/C14H22N2OS/c1-18-14(11-15)6-8-16(9-7-14)13(17)10-12-4-2-3-5-12/h12H,2-10H2,1H3. The predicted molar refractivity (Wildman–Crippen MR) is 74.2 cm³/mol. The number of piperidine rings is 1. The van der Waals surface area contributed by atoms with Crippen molar-refractivity contribution in [3.8, 4) is 6.07 Å². The highest BCUT2D eigenvalue weighted by atomic mass is 32.2. The highest BCUT2D eigenvalue weighted by Gasteiger charge is 2.35. The second-order valence-corrected chi connectivity index (χ2v) is 6.74. The first kappa shape index (κ1) is 13.7. The van der Waals surface area contributed by atoms with Gasteiger partial charge >= 0.3 is 0 Å². The van der Waals surface area contributed by atoms with Crippen molar-refractivity contribution >= 4 is 17.7 Å². The van der Waals surface area contributed by atoms with Gasteiger partial charge in [-0.25, -0.2) is 0 Å². The Hall–Kier alpha value is -0.690. The number of thioether (sulfide) groups is 1. The van der Waals surface area contributed by atoms with Crippen molar-refractivity contribution in [3.63, 3.8) is 0 Å². The summed E-state index contributed by atoms with van der Waals surface area (Å²) in [5.41, 5.74) is 0.